The lowest BCUT2D eigenvalue weighted by Crippen LogP contribution is -2.19. The number of alkyl halides is 3. The molecular weight excluding hydrogens is 495 g/mol. The SMILES string of the molecule is CC(C)c1cc(OCCCc2ccccc2)ccc1C(=O)Nc1cc([C@H]2C[C@H]2C(=O)O)ccc1C(F)(F)F. The predicted octanol–water partition coefficient (Wildman–Crippen LogP) is 7.28. The molecule has 0 unspecified atom stereocenters. The van der Waals surface area contributed by atoms with Gasteiger partial charge in [-0.05, 0) is 78.1 Å². The molecule has 0 saturated heterocycles. The smallest absolute Gasteiger partial charge is 0.418 e. The molecule has 1 aliphatic rings. The lowest BCUT2D eigenvalue weighted by molar-refractivity contribution is -0.139. The van der Waals surface area contributed by atoms with E-state index in [1.165, 1.54) is 17.7 Å². The Bertz CT molecular complexity index is 1300. The zero-order chi connectivity index (χ0) is 27.4. The van der Waals surface area contributed by atoms with Crippen molar-refractivity contribution in [3.8, 4) is 5.75 Å². The zero-order valence-electron chi connectivity index (χ0n) is 21.2. The number of nitrogens with one attached hydrogen (secondary N) is 1. The van der Waals surface area contributed by atoms with Gasteiger partial charge in [0.05, 0.1) is 23.8 Å². The number of rotatable bonds is 10. The molecule has 8 heteroatoms. The van der Waals surface area contributed by atoms with Crippen LogP contribution in [0.5, 0.6) is 5.75 Å². The van der Waals surface area contributed by atoms with E-state index in [4.69, 9.17) is 4.74 Å². The first kappa shape index (κ1) is 27.2. The number of carbonyl (C=O) groups excluding carboxylic acids is 1. The molecule has 1 saturated carbocycles. The number of carboxylic acids is 1. The Labute approximate surface area is 219 Å². The molecule has 5 nitrogen and oxygen atoms in total. The van der Waals surface area contributed by atoms with E-state index in [0.29, 0.717) is 29.9 Å². The molecule has 38 heavy (non-hydrogen) atoms. The van der Waals surface area contributed by atoms with E-state index < -0.39 is 29.5 Å². The molecule has 4 rings (SSSR count). The van der Waals surface area contributed by atoms with Crippen LogP contribution in [0.4, 0.5) is 18.9 Å². The highest BCUT2D eigenvalue weighted by atomic mass is 19.4. The summed E-state index contributed by atoms with van der Waals surface area (Å²) in [7, 11) is 0. The fraction of sp³-hybridized carbons (Fsp3) is 0.333. The fourth-order valence-corrected chi connectivity index (χ4v) is 4.60. The van der Waals surface area contributed by atoms with Gasteiger partial charge in [-0.25, -0.2) is 0 Å². The largest absolute Gasteiger partial charge is 0.494 e. The zero-order valence-corrected chi connectivity index (χ0v) is 21.2. The van der Waals surface area contributed by atoms with Gasteiger partial charge in [0.15, 0.2) is 0 Å². The highest BCUT2D eigenvalue weighted by molar-refractivity contribution is 6.06. The molecular formula is C30H30F3NO4. The topological polar surface area (TPSA) is 75.6 Å². The number of anilines is 1. The Morgan fingerprint density at radius 3 is 2.42 bits per heavy atom. The van der Waals surface area contributed by atoms with Crippen molar-refractivity contribution in [3.63, 3.8) is 0 Å². The molecule has 1 fully saturated rings. The van der Waals surface area contributed by atoms with Crippen LogP contribution < -0.4 is 10.1 Å². The number of ether oxygens (including phenoxy) is 1. The van der Waals surface area contributed by atoms with Gasteiger partial charge in [0, 0.05) is 5.56 Å². The maximum atomic E-state index is 13.7. The maximum Gasteiger partial charge on any atom is 0.418 e. The average Bonchev–Trinajstić information content (AvgIpc) is 3.68. The van der Waals surface area contributed by atoms with Gasteiger partial charge in [-0.2, -0.15) is 13.2 Å². The number of halogens is 3. The maximum absolute atomic E-state index is 13.7. The molecule has 0 spiro atoms. The second kappa shape index (κ2) is 11.3. The third-order valence-corrected chi connectivity index (χ3v) is 6.74. The van der Waals surface area contributed by atoms with Crippen molar-refractivity contribution in [1.82, 2.24) is 0 Å². The van der Waals surface area contributed by atoms with Crippen LogP contribution >= 0.6 is 0 Å². The summed E-state index contributed by atoms with van der Waals surface area (Å²) in [5.41, 5.74) is 1.22. The normalized spacial score (nSPS) is 16.8. The van der Waals surface area contributed by atoms with Gasteiger partial charge in [-0.1, -0.05) is 50.2 Å². The minimum atomic E-state index is -4.69. The molecule has 1 aliphatic carbocycles. The number of benzene rings is 3. The number of hydrogen-bond acceptors (Lipinski definition) is 3. The van der Waals surface area contributed by atoms with Crippen molar-refractivity contribution in [2.24, 2.45) is 5.92 Å². The molecule has 3 aromatic carbocycles. The van der Waals surface area contributed by atoms with Crippen molar-refractivity contribution in [2.75, 3.05) is 11.9 Å². The van der Waals surface area contributed by atoms with Gasteiger partial charge in [0.25, 0.3) is 5.91 Å². The Morgan fingerprint density at radius 2 is 1.79 bits per heavy atom. The summed E-state index contributed by atoms with van der Waals surface area (Å²) in [6, 6.07) is 18.4. The minimum absolute atomic E-state index is 0.0835. The molecule has 0 aromatic heterocycles. The number of hydrogen-bond donors (Lipinski definition) is 2. The van der Waals surface area contributed by atoms with Crippen molar-refractivity contribution < 1.29 is 32.6 Å². The number of aliphatic carboxylic acids is 1. The van der Waals surface area contributed by atoms with Crippen LogP contribution in [-0.4, -0.2) is 23.6 Å². The molecule has 2 N–H and O–H groups in total. The van der Waals surface area contributed by atoms with Crippen LogP contribution in [0.2, 0.25) is 0 Å². The second-order valence-electron chi connectivity index (χ2n) is 9.89. The van der Waals surface area contributed by atoms with E-state index in [9.17, 15) is 27.9 Å². The first-order valence-corrected chi connectivity index (χ1v) is 12.6. The average molecular weight is 526 g/mol. The number of carboxylic acid groups (broad SMARTS) is 1. The molecule has 0 aliphatic heterocycles. The third kappa shape index (κ3) is 6.54. The Morgan fingerprint density at radius 1 is 1.05 bits per heavy atom. The van der Waals surface area contributed by atoms with E-state index >= 15 is 0 Å². The van der Waals surface area contributed by atoms with E-state index in [1.807, 2.05) is 32.0 Å². The third-order valence-electron chi connectivity index (χ3n) is 6.74. The molecule has 200 valence electrons. The van der Waals surface area contributed by atoms with Crippen molar-refractivity contribution >= 4 is 17.6 Å². The standard InChI is InChI=1S/C30H30F3NO4/c1-18(2)23-16-21(38-14-6-9-19-7-4-3-5-8-19)11-12-22(23)28(35)34-27-15-20(24-17-25(24)29(36)37)10-13-26(27)30(31,32)33/h3-5,7-8,10-13,15-16,18,24-25H,6,9,14,17H2,1-2H3,(H,34,35)(H,36,37)/t24-,25-/m1/s1. The van der Waals surface area contributed by atoms with Crippen LogP contribution in [0, 0.1) is 5.92 Å². The molecule has 0 radical (unpaired) electrons. The Kier molecular flexibility index (Phi) is 8.09. The predicted molar refractivity (Wildman–Crippen MR) is 139 cm³/mol. The van der Waals surface area contributed by atoms with E-state index in [0.717, 1.165) is 18.9 Å². The van der Waals surface area contributed by atoms with E-state index in [-0.39, 0.29) is 23.1 Å². The van der Waals surface area contributed by atoms with Crippen molar-refractivity contribution in [3.05, 3.63) is 94.5 Å². The highest BCUT2D eigenvalue weighted by Gasteiger charge is 2.45. The number of amides is 1. The van der Waals surface area contributed by atoms with Gasteiger partial charge in [-0.3, -0.25) is 9.59 Å². The molecule has 2 atom stereocenters. The van der Waals surface area contributed by atoms with E-state index in [2.05, 4.69) is 17.4 Å². The van der Waals surface area contributed by atoms with Gasteiger partial charge in [0.1, 0.15) is 5.75 Å². The van der Waals surface area contributed by atoms with Gasteiger partial charge in [-0.15, -0.1) is 0 Å². The first-order valence-electron chi connectivity index (χ1n) is 12.6. The summed E-state index contributed by atoms with van der Waals surface area (Å²) in [4.78, 5) is 24.4. The summed E-state index contributed by atoms with van der Waals surface area (Å²) in [6.07, 6.45) is -2.65. The number of carbonyl (C=O) groups is 2. The summed E-state index contributed by atoms with van der Waals surface area (Å²) >= 11 is 0. The summed E-state index contributed by atoms with van der Waals surface area (Å²) in [5, 5.41) is 11.6. The lowest BCUT2D eigenvalue weighted by atomic mass is 9.96. The van der Waals surface area contributed by atoms with Crippen molar-refractivity contribution in [1.29, 1.82) is 0 Å². The first-order chi connectivity index (χ1) is 18.0. The second-order valence-corrected chi connectivity index (χ2v) is 9.89. The monoisotopic (exact) mass is 525 g/mol. The molecule has 1 amide bonds. The van der Waals surface area contributed by atoms with Gasteiger partial charge in [0.2, 0.25) is 0 Å². The quantitative estimate of drug-likeness (QED) is 0.273. The van der Waals surface area contributed by atoms with Crippen LogP contribution in [0.1, 0.15) is 71.1 Å². The van der Waals surface area contributed by atoms with Crippen molar-refractivity contribution in [2.45, 2.75) is 51.1 Å². The highest BCUT2D eigenvalue weighted by Crippen LogP contribution is 2.49. The van der Waals surface area contributed by atoms with Crippen LogP contribution in [0.3, 0.4) is 0 Å². The summed E-state index contributed by atoms with van der Waals surface area (Å²) in [6.45, 7) is 4.27. The lowest BCUT2D eigenvalue weighted by Gasteiger charge is -2.18. The summed E-state index contributed by atoms with van der Waals surface area (Å²) < 4.78 is 47.0. The molecule has 0 heterocycles. The fourth-order valence-electron chi connectivity index (χ4n) is 4.60. The van der Waals surface area contributed by atoms with Gasteiger partial charge >= 0.3 is 12.1 Å². The van der Waals surface area contributed by atoms with Crippen LogP contribution in [-0.2, 0) is 17.4 Å². The number of aryl methyl sites for hydroxylation is 1. The van der Waals surface area contributed by atoms with Crippen LogP contribution in [0.15, 0.2) is 66.7 Å². The Hall–Kier alpha value is -3.81. The van der Waals surface area contributed by atoms with Gasteiger partial charge < -0.3 is 15.2 Å². The van der Waals surface area contributed by atoms with Crippen LogP contribution in [0.25, 0.3) is 0 Å². The molecule has 3 aromatic rings. The Balaban J connectivity index is 1.50. The minimum Gasteiger partial charge on any atom is -0.494 e. The molecule has 0 bridgehead atoms. The summed E-state index contributed by atoms with van der Waals surface area (Å²) in [5.74, 6) is -2.13. The van der Waals surface area contributed by atoms with E-state index in [1.54, 1.807) is 18.2 Å².